The van der Waals surface area contributed by atoms with Crippen LogP contribution < -0.4 is 4.74 Å². The predicted octanol–water partition coefficient (Wildman–Crippen LogP) is 4.96. The van der Waals surface area contributed by atoms with E-state index in [2.05, 4.69) is 55.4 Å². The van der Waals surface area contributed by atoms with Crippen LogP contribution in [0.5, 0.6) is 5.75 Å². The molecule has 1 amide bonds. The molecule has 0 aromatic heterocycles. The summed E-state index contributed by atoms with van der Waals surface area (Å²) in [6.45, 7) is 9.10. The smallest absolute Gasteiger partial charge is 0.330 e. The Balaban J connectivity index is 1.75. The second-order valence-corrected chi connectivity index (χ2v) is 11.4. The number of benzene rings is 1. The maximum atomic E-state index is 13.6. The van der Waals surface area contributed by atoms with Crippen LogP contribution in [0.2, 0.25) is 0 Å². The zero-order valence-corrected chi connectivity index (χ0v) is 22.4. The fourth-order valence-electron chi connectivity index (χ4n) is 5.04. The highest BCUT2D eigenvalue weighted by Gasteiger charge is 2.46. The molecule has 3 atom stereocenters. The standard InChI is InChI=1S/C28H36N2O4S/c1-7-34-25(31)11-10-19-15-20-18(16-23(19)33-6)12-13-30-22(27(32)29(5)28(2,3)4)17-21(26(20)30)24-9-8-14-35-24/h8,10-11,14-17,21,24,26H,7,9,12-13H2,1-6H3/b11-10+. The predicted molar refractivity (Wildman–Crippen MR) is 141 cm³/mol. The van der Waals surface area contributed by atoms with Crippen molar-refractivity contribution >= 4 is 29.7 Å². The Morgan fingerprint density at radius 3 is 2.69 bits per heavy atom. The van der Waals surface area contributed by atoms with E-state index in [0.29, 0.717) is 11.9 Å². The third-order valence-corrected chi connectivity index (χ3v) is 8.36. The topological polar surface area (TPSA) is 59.1 Å². The number of nitrogens with zero attached hydrogens (tertiary/aromatic N) is 2. The Kier molecular flexibility index (Phi) is 7.36. The van der Waals surface area contributed by atoms with Crippen LogP contribution in [-0.4, -0.2) is 59.8 Å². The lowest BCUT2D eigenvalue weighted by atomic mass is 9.83. The summed E-state index contributed by atoms with van der Waals surface area (Å²) in [4.78, 5) is 29.7. The molecule has 0 saturated carbocycles. The molecule has 0 radical (unpaired) electrons. The average Bonchev–Trinajstić information content (AvgIpc) is 3.48. The number of thioether (sulfide) groups is 1. The molecule has 1 aromatic rings. The first-order valence-electron chi connectivity index (χ1n) is 12.3. The lowest BCUT2D eigenvalue weighted by Crippen LogP contribution is -2.46. The molecule has 0 spiro atoms. The van der Waals surface area contributed by atoms with Gasteiger partial charge in [-0.05, 0) is 81.4 Å². The van der Waals surface area contributed by atoms with Gasteiger partial charge in [0.15, 0.2) is 0 Å². The lowest BCUT2D eigenvalue weighted by Gasteiger charge is -2.41. The molecule has 0 saturated heterocycles. The Labute approximate surface area is 213 Å². The molecular weight excluding hydrogens is 460 g/mol. The van der Waals surface area contributed by atoms with Gasteiger partial charge in [-0.15, -0.1) is 11.8 Å². The minimum Gasteiger partial charge on any atom is -0.496 e. The molecule has 0 fully saturated rings. The van der Waals surface area contributed by atoms with Gasteiger partial charge < -0.3 is 19.3 Å². The summed E-state index contributed by atoms with van der Waals surface area (Å²) < 4.78 is 10.7. The molecule has 6 nitrogen and oxygen atoms in total. The minimum absolute atomic E-state index is 0.0698. The summed E-state index contributed by atoms with van der Waals surface area (Å²) in [7, 11) is 3.54. The Morgan fingerprint density at radius 2 is 2.06 bits per heavy atom. The van der Waals surface area contributed by atoms with E-state index in [1.807, 2.05) is 23.7 Å². The molecule has 3 aliphatic rings. The van der Waals surface area contributed by atoms with Crippen molar-refractivity contribution in [3.63, 3.8) is 0 Å². The van der Waals surface area contributed by atoms with Crippen molar-refractivity contribution in [2.45, 2.75) is 57.4 Å². The summed E-state index contributed by atoms with van der Waals surface area (Å²) in [5.41, 5.74) is 3.82. The molecule has 0 aliphatic carbocycles. The van der Waals surface area contributed by atoms with E-state index in [4.69, 9.17) is 9.47 Å². The van der Waals surface area contributed by atoms with Crippen LogP contribution in [0.4, 0.5) is 0 Å². The molecule has 4 rings (SSSR count). The Bertz CT molecular complexity index is 1080. The van der Waals surface area contributed by atoms with E-state index in [0.717, 1.165) is 36.4 Å². The fourth-order valence-corrected chi connectivity index (χ4v) is 6.09. The zero-order chi connectivity index (χ0) is 25.3. The molecule has 7 heteroatoms. The van der Waals surface area contributed by atoms with Crippen molar-refractivity contribution in [3.8, 4) is 5.75 Å². The summed E-state index contributed by atoms with van der Waals surface area (Å²) in [6, 6.07) is 4.30. The number of likely N-dealkylation sites (N-methyl/N-ethyl adjacent to an activating group) is 1. The molecule has 3 unspecified atom stereocenters. The normalized spacial score (nSPS) is 23.2. The van der Waals surface area contributed by atoms with Gasteiger partial charge in [-0.1, -0.05) is 6.08 Å². The summed E-state index contributed by atoms with van der Waals surface area (Å²) in [5.74, 6) is 0.638. The third kappa shape index (κ3) is 5.01. The number of hydrogen-bond acceptors (Lipinski definition) is 6. The van der Waals surface area contributed by atoms with Crippen molar-refractivity contribution in [3.05, 3.63) is 58.2 Å². The van der Waals surface area contributed by atoms with Crippen LogP contribution in [0.15, 0.2) is 41.5 Å². The van der Waals surface area contributed by atoms with Gasteiger partial charge in [0.05, 0.1) is 25.5 Å². The maximum Gasteiger partial charge on any atom is 0.330 e. The number of ether oxygens (including phenoxy) is 2. The van der Waals surface area contributed by atoms with Gasteiger partial charge >= 0.3 is 5.97 Å². The van der Waals surface area contributed by atoms with E-state index in [9.17, 15) is 9.59 Å². The highest BCUT2D eigenvalue weighted by Crippen LogP contribution is 2.50. The van der Waals surface area contributed by atoms with Crippen LogP contribution in [0.25, 0.3) is 6.08 Å². The second kappa shape index (κ2) is 10.1. The SMILES string of the molecule is CCOC(=O)/C=C/c1cc2c(cc1OC)CCN1C(C(=O)N(C)C(C)(C)C)=CC(C3CC=CS3)C21. The number of fused-ring (bicyclic) bond motifs is 3. The first kappa shape index (κ1) is 25.4. The molecular formula is C28H36N2O4S. The minimum atomic E-state index is -0.374. The number of hydrogen-bond donors (Lipinski definition) is 0. The third-order valence-electron chi connectivity index (χ3n) is 7.16. The van der Waals surface area contributed by atoms with Crippen LogP contribution in [0.1, 0.15) is 56.8 Å². The van der Waals surface area contributed by atoms with Crippen molar-refractivity contribution in [1.29, 1.82) is 0 Å². The monoisotopic (exact) mass is 496 g/mol. The molecule has 1 aromatic carbocycles. The van der Waals surface area contributed by atoms with Gasteiger partial charge in [0.1, 0.15) is 5.75 Å². The van der Waals surface area contributed by atoms with Crippen molar-refractivity contribution in [1.82, 2.24) is 9.80 Å². The number of amides is 1. The van der Waals surface area contributed by atoms with Gasteiger partial charge in [-0.25, -0.2) is 4.79 Å². The molecule has 3 aliphatic heterocycles. The fraction of sp³-hybridized carbons (Fsp3) is 0.500. The molecule has 0 N–H and O–H groups in total. The Morgan fingerprint density at radius 1 is 1.29 bits per heavy atom. The number of allylic oxidation sites excluding steroid dienone is 1. The first-order chi connectivity index (χ1) is 16.7. The van der Waals surface area contributed by atoms with Crippen LogP contribution in [0, 0.1) is 5.92 Å². The Hall–Kier alpha value is -2.67. The van der Waals surface area contributed by atoms with Crippen molar-refractivity contribution < 1.29 is 19.1 Å². The van der Waals surface area contributed by atoms with E-state index in [-0.39, 0.29) is 29.4 Å². The van der Waals surface area contributed by atoms with Gasteiger partial charge in [-0.2, -0.15) is 0 Å². The summed E-state index contributed by atoms with van der Waals surface area (Å²) in [5, 5.41) is 2.56. The molecule has 3 heterocycles. The molecule has 35 heavy (non-hydrogen) atoms. The van der Waals surface area contributed by atoms with Crippen LogP contribution >= 0.6 is 11.8 Å². The maximum absolute atomic E-state index is 13.6. The van der Waals surface area contributed by atoms with Gasteiger partial charge in [-0.3, -0.25) is 4.79 Å². The van der Waals surface area contributed by atoms with E-state index >= 15 is 0 Å². The number of carbonyl (C=O) groups is 2. The van der Waals surface area contributed by atoms with Gasteiger partial charge in [0, 0.05) is 41.9 Å². The lowest BCUT2D eigenvalue weighted by molar-refractivity contribution is -0.137. The first-order valence-corrected chi connectivity index (χ1v) is 13.2. The van der Waals surface area contributed by atoms with E-state index < -0.39 is 0 Å². The van der Waals surface area contributed by atoms with Crippen molar-refractivity contribution in [2.24, 2.45) is 5.92 Å². The van der Waals surface area contributed by atoms with Crippen molar-refractivity contribution in [2.75, 3.05) is 27.3 Å². The van der Waals surface area contributed by atoms with Gasteiger partial charge in [0.2, 0.25) is 0 Å². The number of esters is 1. The van der Waals surface area contributed by atoms with Crippen LogP contribution in [-0.2, 0) is 20.7 Å². The second-order valence-electron chi connectivity index (χ2n) is 10.2. The highest BCUT2D eigenvalue weighted by atomic mass is 32.2. The molecule has 188 valence electrons. The quantitative estimate of drug-likeness (QED) is 0.410. The number of rotatable bonds is 6. The average molecular weight is 497 g/mol. The summed E-state index contributed by atoms with van der Waals surface area (Å²) >= 11 is 1.85. The molecule has 0 bridgehead atoms. The largest absolute Gasteiger partial charge is 0.496 e. The van der Waals surface area contributed by atoms with Crippen LogP contribution in [0.3, 0.4) is 0 Å². The summed E-state index contributed by atoms with van der Waals surface area (Å²) in [6.07, 6.45) is 9.47. The zero-order valence-electron chi connectivity index (χ0n) is 21.5. The highest BCUT2D eigenvalue weighted by molar-refractivity contribution is 8.03. The number of carbonyl (C=O) groups excluding carboxylic acids is 2. The van der Waals surface area contributed by atoms with E-state index in [1.54, 1.807) is 20.1 Å². The van der Waals surface area contributed by atoms with Gasteiger partial charge in [0.25, 0.3) is 5.91 Å². The number of methoxy groups -OCH3 is 1. The van der Waals surface area contributed by atoms with E-state index in [1.165, 1.54) is 17.2 Å².